The number of hydrogen-bond acceptors (Lipinski definition) is 1. The molecule has 4 aliphatic rings. The highest BCUT2D eigenvalue weighted by atomic mass is 16.1. The molecule has 0 aromatic carbocycles. The van der Waals surface area contributed by atoms with Gasteiger partial charge in [-0.05, 0) is 80.6 Å². The van der Waals surface area contributed by atoms with E-state index in [9.17, 15) is 4.79 Å². The molecule has 0 saturated heterocycles. The van der Waals surface area contributed by atoms with Gasteiger partial charge < -0.3 is 0 Å². The zero-order valence-electron chi connectivity index (χ0n) is 13.6. The number of allylic oxidation sites excluding steroid dienone is 4. The number of carbonyl (C=O) groups excluding carboxylic acids is 1. The van der Waals surface area contributed by atoms with E-state index in [0.717, 1.165) is 30.6 Å². The summed E-state index contributed by atoms with van der Waals surface area (Å²) in [5.74, 6) is 2.84. The minimum Gasteiger partial charge on any atom is -0.295 e. The highest BCUT2D eigenvalue weighted by Gasteiger charge is 2.46. The van der Waals surface area contributed by atoms with E-state index in [0.29, 0.717) is 11.2 Å². The molecule has 4 atom stereocenters. The van der Waals surface area contributed by atoms with Crippen LogP contribution in [0.1, 0.15) is 71.6 Å². The van der Waals surface area contributed by atoms with E-state index in [1.165, 1.54) is 50.5 Å². The molecule has 4 aliphatic carbocycles. The van der Waals surface area contributed by atoms with Gasteiger partial charge in [0.25, 0.3) is 0 Å². The molecule has 0 heterocycles. The lowest BCUT2D eigenvalue weighted by molar-refractivity contribution is -0.115. The summed E-state index contributed by atoms with van der Waals surface area (Å²) in [7, 11) is 0. The number of ketones is 1. The van der Waals surface area contributed by atoms with Gasteiger partial charge in [-0.3, -0.25) is 4.79 Å². The van der Waals surface area contributed by atoms with Gasteiger partial charge in [-0.1, -0.05) is 30.6 Å². The third-order valence-corrected chi connectivity index (χ3v) is 7.32. The van der Waals surface area contributed by atoms with Crippen LogP contribution in [0.15, 0.2) is 22.8 Å². The Morgan fingerprint density at radius 2 is 1.90 bits per heavy atom. The van der Waals surface area contributed by atoms with Gasteiger partial charge in [-0.25, -0.2) is 0 Å². The molecule has 1 fully saturated rings. The Labute approximate surface area is 128 Å². The van der Waals surface area contributed by atoms with E-state index in [2.05, 4.69) is 13.8 Å². The van der Waals surface area contributed by atoms with Crippen LogP contribution in [0.3, 0.4) is 0 Å². The van der Waals surface area contributed by atoms with Crippen LogP contribution in [-0.4, -0.2) is 5.78 Å². The lowest BCUT2D eigenvalue weighted by Gasteiger charge is -2.46. The zero-order chi connectivity index (χ0) is 14.6. The van der Waals surface area contributed by atoms with Gasteiger partial charge in [0.2, 0.25) is 0 Å². The van der Waals surface area contributed by atoms with Crippen LogP contribution in [0.5, 0.6) is 0 Å². The average molecular weight is 284 g/mol. The van der Waals surface area contributed by atoms with E-state index in [-0.39, 0.29) is 0 Å². The predicted octanol–water partition coefficient (Wildman–Crippen LogP) is 5.22. The second kappa shape index (κ2) is 4.83. The first-order valence-electron chi connectivity index (χ1n) is 9.08. The highest BCUT2D eigenvalue weighted by Crippen LogP contribution is 2.59. The van der Waals surface area contributed by atoms with E-state index in [4.69, 9.17) is 0 Å². The van der Waals surface area contributed by atoms with Gasteiger partial charge >= 0.3 is 0 Å². The highest BCUT2D eigenvalue weighted by molar-refractivity contribution is 5.91. The standard InChI is InChI=1S/C20H28O/c1-3-20(2)11-10-18-17-6-4-13-12-14(21)5-7-15(13)16(17)8-9-19(18)20/h12,15-17H,3-11H2,1-2H3/t15-,16+,17-,20+/m0/s1. The quantitative estimate of drug-likeness (QED) is 0.603. The van der Waals surface area contributed by atoms with Crippen molar-refractivity contribution in [2.75, 3.05) is 0 Å². The average Bonchev–Trinajstić information content (AvgIpc) is 2.85. The van der Waals surface area contributed by atoms with Crippen molar-refractivity contribution in [2.45, 2.75) is 71.6 Å². The summed E-state index contributed by atoms with van der Waals surface area (Å²) in [6, 6.07) is 0. The number of hydrogen-bond donors (Lipinski definition) is 0. The fourth-order valence-corrected chi connectivity index (χ4v) is 5.94. The maximum atomic E-state index is 11.7. The SMILES string of the molecule is CC[C@]1(C)CCC2=C1CC[C@H]1[C@@H]2CCC2=CC(=O)CC[C@@H]21. The maximum absolute atomic E-state index is 11.7. The van der Waals surface area contributed by atoms with Gasteiger partial charge in [0.15, 0.2) is 5.78 Å². The maximum Gasteiger partial charge on any atom is 0.155 e. The van der Waals surface area contributed by atoms with Crippen LogP contribution in [0.2, 0.25) is 0 Å². The molecule has 0 spiro atoms. The van der Waals surface area contributed by atoms with Gasteiger partial charge in [0, 0.05) is 6.42 Å². The third kappa shape index (κ3) is 1.99. The van der Waals surface area contributed by atoms with Crippen molar-refractivity contribution in [1.82, 2.24) is 0 Å². The molecular weight excluding hydrogens is 256 g/mol. The molecular formula is C20H28O. The topological polar surface area (TPSA) is 17.1 Å². The predicted molar refractivity (Wildman–Crippen MR) is 85.9 cm³/mol. The number of carbonyl (C=O) groups is 1. The Morgan fingerprint density at radius 3 is 2.71 bits per heavy atom. The number of rotatable bonds is 1. The first kappa shape index (κ1) is 13.8. The number of fused-ring (bicyclic) bond motifs is 4. The summed E-state index contributed by atoms with van der Waals surface area (Å²) in [6.07, 6.45) is 13.3. The summed E-state index contributed by atoms with van der Waals surface area (Å²) in [4.78, 5) is 11.7. The summed E-state index contributed by atoms with van der Waals surface area (Å²) in [6.45, 7) is 4.87. The van der Waals surface area contributed by atoms with Crippen LogP contribution >= 0.6 is 0 Å². The minimum absolute atomic E-state index is 0.384. The van der Waals surface area contributed by atoms with Crippen molar-refractivity contribution in [1.29, 1.82) is 0 Å². The Kier molecular flexibility index (Phi) is 3.17. The molecule has 4 rings (SSSR count). The van der Waals surface area contributed by atoms with Crippen LogP contribution < -0.4 is 0 Å². The lowest BCUT2D eigenvalue weighted by Crippen LogP contribution is -2.36. The lowest BCUT2D eigenvalue weighted by atomic mass is 9.59. The van der Waals surface area contributed by atoms with Crippen molar-refractivity contribution in [3.63, 3.8) is 0 Å². The first-order valence-corrected chi connectivity index (χ1v) is 9.08. The normalized spacial score (nSPS) is 42.3. The summed E-state index contributed by atoms with van der Waals surface area (Å²) < 4.78 is 0. The fourth-order valence-electron chi connectivity index (χ4n) is 5.94. The summed E-state index contributed by atoms with van der Waals surface area (Å²) in [5.41, 5.74) is 5.74. The van der Waals surface area contributed by atoms with Crippen molar-refractivity contribution in [3.8, 4) is 0 Å². The van der Waals surface area contributed by atoms with Crippen LogP contribution in [0.4, 0.5) is 0 Å². The molecule has 1 heteroatoms. The largest absolute Gasteiger partial charge is 0.295 e. The van der Waals surface area contributed by atoms with Crippen LogP contribution in [0, 0.1) is 23.2 Å². The smallest absolute Gasteiger partial charge is 0.155 e. The molecule has 0 N–H and O–H groups in total. The Morgan fingerprint density at radius 1 is 1.10 bits per heavy atom. The van der Waals surface area contributed by atoms with E-state index >= 15 is 0 Å². The Balaban J connectivity index is 1.66. The minimum atomic E-state index is 0.384. The van der Waals surface area contributed by atoms with E-state index < -0.39 is 0 Å². The fraction of sp³-hybridized carbons (Fsp3) is 0.750. The molecule has 0 aromatic rings. The molecule has 0 bridgehead atoms. The molecule has 0 unspecified atom stereocenters. The molecule has 21 heavy (non-hydrogen) atoms. The van der Waals surface area contributed by atoms with E-state index in [1.807, 2.05) is 17.2 Å². The zero-order valence-corrected chi connectivity index (χ0v) is 13.6. The molecule has 1 saturated carbocycles. The molecule has 0 aromatic heterocycles. The second-order valence-electron chi connectivity index (χ2n) is 8.10. The Hall–Kier alpha value is -0.850. The van der Waals surface area contributed by atoms with Gasteiger partial charge in [0.05, 0.1) is 0 Å². The van der Waals surface area contributed by atoms with Crippen molar-refractivity contribution < 1.29 is 4.79 Å². The van der Waals surface area contributed by atoms with Crippen molar-refractivity contribution in [3.05, 3.63) is 22.8 Å². The first-order chi connectivity index (χ1) is 10.1. The Bertz CT molecular complexity index is 538. The summed E-state index contributed by atoms with van der Waals surface area (Å²) >= 11 is 0. The van der Waals surface area contributed by atoms with Crippen molar-refractivity contribution in [2.24, 2.45) is 23.2 Å². The second-order valence-corrected chi connectivity index (χ2v) is 8.10. The molecule has 1 nitrogen and oxygen atoms in total. The van der Waals surface area contributed by atoms with E-state index in [1.54, 1.807) is 0 Å². The third-order valence-electron chi connectivity index (χ3n) is 7.32. The van der Waals surface area contributed by atoms with Crippen LogP contribution in [-0.2, 0) is 4.79 Å². The summed E-state index contributed by atoms with van der Waals surface area (Å²) in [5, 5.41) is 0. The monoisotopic (exact) mass is 284 g/mol. The van der Waals surface area contributed by atoms with Crippen molar-refractivity contribution >= 4 is 5.78 Å². The van der Waals surface area contributed by atoms with Gasteiger partial charge in [0.1, 0.15) is 0 Å². The molecule has 0 amide bonds. The molecule has 114 valence electrons. The van der Waals surface area contributed by atoms with Gasteiger partial charge in [-0.2, -0.15) is 0 Å². The molecule has 0 aliphatic heterocycles. The molecule has 0 radical (unpaired) electrons. The van der Waals surface area contributed by atoms with Gasteiger partial charge in [-0.15, -0.1) is 0 Å². The van der Waals surface area contributed by atoms with Crippen LogP contribution in [0.25, 0.3) is 0 Å².